The Kier molecular flexibility index (Phi) is 6.18. The molecule has 3 heteroatoms. The Hall–Kier alpha value is -1.51. The van der Waals surface area contributed by atoms with E-state index in [9.17, 15) is 4.79 Å². The zero-order valence-corrected chi connectivity index (χ0v) is 9.75. The van der Waals surface area contributed by atoms with Crippen LogP contribution >= 0.6 is 0 Å². The minimum Gasteiger partial charge on any atom is -0.410 e. The smallest absolute Gasteiger partial charge is 0.410 e. The molecule has 3 nitrogen and oxygen atoms in total. The van der Waals surface area contributed by atoms with E-state index in [1.807, 2.05) is 13.8 Å². The Morgan fingerprint density at radius 1 is 1.47 bits per heavy atom. The molecule has 84 valence electrons. The molecule has 0 aliphatic heterocycles. The molecule has 15 heavy (non-hydrogen) atoms. The number of nitrogens with zero attached hydrogens (tertiary/aromatic N) is 1. The van der Waals surface area contributed by atoms with Crippen LogP contribution in [0.25, 0.3) is 0 Å². The van der Waals surface area contributed by atoms with E-state index in [2.05, 4.69) is 13.2 Å². The minimum atomic E-state index is -0.382. The second kappa shape index (κ2) is 6.87. The van der Waals surface area contributed by atoms with E-state index < -0.39 is 0 Å². The first-order chi connectivity index (χ1) is 7.04. The normalized spacial score (nSPS) is 10.7. The van der Waals surface area contributed by atoms with Gasteiger partial charge >= 0.3 is 6.09 Å². The summed E-state index contributed by atoms with van der Waals surface area (Å²) >= 11 is 0. The third kappa shape index (κ3) is 5.05. The van der Waals surface area contributed by atoms with Gasteiger partial charge in [0.2, 0.25) is 0 Å². The van der Waals surface area contributed by atoms with E-state index in [1.165, 1.54) is 11.0 Å². The van der Waals surface area contributed by atoms with Crippen molar-refractivity contribution in [1.82, 2.24) is 4.90 Å². The summed E-state index contributed by atoms with van der Waals surface area (Å²) < 4.78 is 5.09. The Morgan fingerprint density at radius 3 is 2.47 bits per heavy atom. The van der Waals surface area contributed by atoms with Gasteiger partial charge in [-0.15, -0.1) is 0 Å². The Balaban J connectivity index is 4.46. The van der Waals surface area contributed by atoms with Gasteiger partial charge in [0.15, 0.2) is 0 Å². The molecular formula is C12H19NO2. The van der Waals surface area contributed by atoms with E-state index in [4.69, 9.17) is 4.74 Å². The lowest BCUT2D eigenvalue weighted by Crippen LogP contribution is -2.26. The topological polar surface area (TPSA) is 29.5 Å². The molecule has 0 radical (unpaired) electrons. The van der Waals surface area contributed by atoms with Crippen molar-refractivity contribution in [3.63, 3.8) is 0 Å². The lowest BCUT2D eigenvalue weighted by atomic mass is 10.2. The molecule has 0 spiro atoms. The first-order valence-electron chi connectivity index (χ1n) is 5.00. The van der Waals surface area contributed by atoms with Gasteiger partial charge in [0.25, 0.3) is 0 Å². The van der Waals surface area contributed by atoms with Crippen molar-refractivity contribution in [2.45, 2.75) is 20.3 Å². The number of ether oxygens (including phenoxy) is 1. The standard InChI is InChI=1S/C12H19NO2/c1-6-10(4)9-11(7-2)15-12(14)13(5)8-3/h7,9H,2,4,6,8H2,1,3,5H3/b11-9+. The van der Waals surface area contributed by atoms with Gasteiger partial charge in [-0.1, -0.05) is 25.7 Å². The number of carbonyl (C=O) groups excluding carboxylic acids is 1. The Morgan fingerprint density at radius 2 is 2.07 bits per heavy atom. The van der Waals surface area contributed by atoms with Gasteiger partial charge in [-0.05, 0) is 25.5 Å². The van der Waals surface area contributed by atoms with Crippen molar-refractivity contribution in [3.8, 4) is 0 Å². The second-order valence-corrected chi connectivity index (χ2v) is 3.14. The quantitative estimate of drug-likeness (QED) is 0.514. The number of allylic oxidation sites excluding steroid dienone is 3. The van der Waals surface area contributed by atoms with Gasteiger partial charge in [0.1, 0.15) is 5.76 Å². The van der Waals surface area contributed by atoms with E-state index in [-0.39, 0.29) is 6.09 Å². The monoisotopic (exact) mass is 209 g/mol. The van der Waals surface area contributed by atoms with Crippen molar-refractivity contribution in [2.24, 2.45) is 0 Å². The van der Waals surface area contributed by atoms with Gasteiger partial charge in [0, 0.05) is 13.6 Å². The molecule has 0 aromatic heterocycles. The summed E-state index contributed by atoms with van der Waals surface area (Å²) in [4.78, 5) is 12.9. The molecule has 0 aromatic rings. The number of hydrogen-bond donors (Lipinski definition) is 0. The molecule has 0 N–H and O–H groups in total. The third-order valence-corrected chi connectivity index (χ3v) is 1.99. The zero-order chi connectivity index (χ0) is 11.8. The zero-order valence-electron chi connectivity index (χ0n) is 9.75. The molecule has 0 heterocycles. The molecule has 0 aromatic carbocycles. The van der Waals surface area contributed by atoms with Crippen LogP contribution in [0.3, 0.4) is 0 Å². The Bertz CT molecular complexity index is 279. The van der Waals surface area contributed by atoms with Crippen LogP contribution in [0.2, 0.25) is 0 Å². The molecule has 0 atom stereocenters. The third-order valence-electron chi connectivity index (χ3n) is 1.99. The highest BCUT2D eigenvalue weighted by molar-refractivity contribution is 5.68. The average molecular weight is 209 g/mol. The van der Waals surface area contributed by atoms with Crippen LogP contribution < -0.4 is 0 Å². The fraction of sp³-hybridized carbons (Fsp3) is 0.417. The number of amides is 1. The van der Waals surface area contributed by atoms with Crippen LogP contribution in [0.4, 0.5) is 4.79 Å². The van der Waals surface area contributed by atoms with Gasteiger partial charge in [-0.3, -0.25) is 0 Å². The predicted molar refractivity (Wildman–Crippen MR) is 62.5 cm³/mol. The number of rotatable bonds is 5. The highest BCUT2D eigenvalue weighted by atomic mass is 16.6. The molecule has 0 bridgehead atoms. The maximum atomic E-state index is 11.4. The molecule has 1 amide bonds. The molecule has 0 fully saturated rings. The summed E-state index contributed by atoms with van der Waals surface area (Å²) in [5, 5.41) is 0. The number of hydrogen-bond acceptors (Lipinski definition) is 2. The van der Waals surface area contributed by atoms with Crippen molar-refractivity contribution in [2.75, 3.05) is 13.6 Å². The van der Waals surface area contributed by atoms with Crippen molar-refractivity contribution in [1.29, 1.82) is 0 Å². The largest absolute Gasteiger partial charge is 0.414 e. The van der Waals surface area contributed by atoms with Gasteiger partial charge < -0.3 is 9.64 Å². The van der Waals surface area contributed by atoms with Crippen LogP contribution in [0.15, 0.2) is 36.6 Å². The molecule has 0 aliphatic rings. The van der Waals surface area contributed by atoms with Gasteiger partial charge in [-0.25, -0.2) is 4.79 Å². The van der Waals surface area contributed by atoms with Crippen molar-refractivity contribution in [3.05, 3.63) is 36.6 Å². The van der Waals surface area contributed by atoms with Crippen molar-refractivity contribution >= 4 is 6.09 Å². The minimum absolute atomic E-state index is 0.382. The highest BCUT2D eigenvalue weighted by Crippen LogP contribution is 2.08. The summed E-state index contributed by atoms with van der Waals surface area (Å²) in [6.07, 6.45) is 3.65. The van der Waals surface area contributed by atoms with Crippen LogP contribution in [-0.2, 0) is 4.74 Å². The summed E-state index contributed by atoms with van der Waals surface area (Å²) in [6, 6.07) is 0. The second-order valence-electron chi connectivity index (χ2n) is 3.14. The van der Waals surface area contributed by atoms with Gasteiger partial charge in [0.05, 0.1) is 0 Å². The van der Waals surface area contributed by atoms with Crippen molar-refractivity contribution < 1.29 is 9.53 Å². The average Bonchev–Trinajstić information content (AvgIpc) is 2.26. The van der Waals surface area contributed by atoms with Crippen LogP contribution in [-0.4, -0.2) is 24.6 Å². The first-order valence-corrected chi connectivity index (χ1v) is 5.00. The fourth-order valence-corrected chi connectivity index (χ4v) is 0.741. The van der Waals surface area contributed by atoms with Crippen LogP contribution in [0, 0.1) is 0 Å². The number of carbonyl (C=O) groups is 1. The maximum absolute atomic E-state index is 11.4. The summed E-state index contributed by atoms with van der Waals surface area (Å²) in [7, 11) is 1.68. The lowest BCUT2D eigenvalue weighted by Gasteiger charge is -2.14. The fourth-order valence-electron chi connectivity index (χ4n) is 0.741. The van der Waals surface area contributed by atoms with E-state index >= 15 is 0 Å². The molecular weight excluding hydrogens is 190 g/mol. The maximum Gasteiger partial charge on any atom is 0.414 e. The van der Waals surface area contributed by atoms with E-state index in [0.29, 0.717) is 12.3 Å². The molecule has 0 saturated heterocycles. The predicted octanol–water partition coefficient (Wildman–Crippen LogP) is 3.11. The molecule has 0 unspecified atom stereocenters. The summed E-state index contributed by atoms with van der Waals surface area (Å²) in [6.45, 7) is 11.9. The Labute approximate surface area is 91.7 Å². The highest BCUT2D eigenvalue weighted by Gasteiger charge is 2.08. The van der Waals surface area contributed by atoms with Gasteiger partial charge in [-0.2, -0.15) is 0 Å². The summed E-state index contributed by atoms with van der Waals surface area (Å²) in [5.74, 6) is 0.437. The lowest BCUT2D eigenvalue weighted by molar-refractivity contribution is 0.143. The summed E-state index contributed by atoms with van der Waals surface area (Å²) in [5.41, 5.74) is 0.900. The van der Waals surface area contributed by atoms with Crippen LogP contribution in [0.1, 0.15) is 20.3 Å². The molecule has 0 saturated carbocycles. The molecule has 0 aliphatic carbocycles. The first kappa shape index (κ1) is 13.5. The van der Waals surface area contributed by atoms with E-state index in [1.54, 1.807) is 13.1 Å². The SMILES string of the molecule is C=C/C(=C\C(=C)CC)OC(=O)N(C)CC. The van der Waals surface area contributed by atoms with Crippen LogP contribution in [0.5, 0.6) is 0 Å². The van der Waals surface area contributed by atoms with E-state index in [0.717, 1.165) is 12.0 Å². The molecule has 0 rings (SSSR count).